The molecule has 0 atom stereocenters. The van der Waals surface area contributed by atoms with Gasteiger partial charge in [-0.25, -0.2) is 8.42 Å². The van der Waals surface area contributed by atoms with Crippen molar-refractivity contribution in [1.29, 1.82) is 0 Å². The molecule has 190 valence electrons. The number of ether oxygens (including phenoxy) is 2. The van der Waals surface area contributed by atoms with Gasteiger partial charge in [0.1, 0.15) is 11.5 Å². The van der Waals surface area contributed by atoms with Gasteiger partial charge in [-0.15, -0.1) is 0 Å². The average Bonchev–Trinajstić information content (AvgIpc) is 2.89. The number of benzene rings is 3. The van der Waals surface area contributed by atoms with Crippen LogP contribution in [-0.4, -0.2) is 59.1 Å². The van der Waals surface area contributed by atoms with E-state index in [0.717, 1.165) is 30.1 Å². The maximum Gasteiger partial charge on any atom is 0.261 e. The van der Waals surface area contributed by atoms with Crippen LogP contribution in [0.4, 0.5) is 11.4 Å². The van der Waals surface area contributed by atoms with E-state index >= 15 is 0 Å². The molecule has 4 rings (SSSR count). The second-order valence-electron chi connectivity index (χ2n) is 8.40. The predicted octanol–water partition coefficient (Wildman–Crippen LogP) is 4.19. The number of amides is 1. The Labute approximate surface area is 216 Å². The van der Waals surface area contributed by atoms with Gasteiger partial charge in [0.15, 0.2) is 6.61 Å². The van der Waals surface area contributed by atoms with Gasteiger partial charge in [-0.05, 0) is 73.2 Å². The Bertz CT molecular complexity index is 1310. The molecule has 8 nitrogen and oxygen atoms in total. The number of carbonyl (C=O) groups excluding carboxylic acids is 1. The molecule has 1 saturated heterocycles. The first-order valence-corrected chi connectivity index (χ1v) is 13.3. The second kappa shape index (κ2) is 11.1. The number of sulfonamides is 1. The molecule has 0 aliphatic carbocycles. The van der Waals surface area contributed by atoms with Crippen molar-refractivity contribution in [3.05, 3.63) is 77.3 Å². The van der Waals surface area contributed by atoms with Crippen molar-refractivity contribution in [3.8, 4) is 11.5 Å². The summed E-state index contributed by atoms with van der Waals surface area (Å²) < 4.78 is 38.7. The molecule has 0 aromatic heterocycles. The van der Waals surface area contributed by atoms with Gasteiger partial charge in [0, 0.05) is 36.9 Å². The highest BCUT2D eigenvalue weighted by molar-refractivity contribution is 7.92. The van der Waals surface area contributed by atoms with Crippen molar-refractivity contribution in [3.63, 3.8) is 0 Å². The Morgan fingerprint density at radius 2 is 1.58 bits per heavy atom. The minimum Gasteiger partial charge on any atom is -0.497 e. The molecule has 1 aliphatic heterocycles. The molecule has 1 amide bonds. The van der Waals surface area contributed by atoms with Crippen molar-refractivity contribution >= 4 is 38.9 Å². The normalized spacial score (nSPS) is 13.9. The molecule has 0 radical (unpaired) electrons. The fraction of sp³-hybridized carbons (Fsp3) is 0.269. The van der Waals surface area contributed by atoms with Crippen molar-refractivity contribution in [2.24, 2.45) is 0 Å². The number of halogens is 1. The second-order valence-corrected chi connectivity index (χ2v) is 10.5. The highest BCUT2D eigenvalue weighted by Gasteiger charge is 2.22. The smallest absolute Gasteiger partial charge is 0.261 e. The lowest BCUT2D eigenvalue weighted by Crippen LogP contribution is -2.50. The molecular weight excluding hydrogens is 502 g/mol. The number of hydrogen-bond acceptors (Lipinski definition) is 6. The van der Waals surface area contributed by atoms with Crippen LogP contribution in [0, 0.1) is 6.92 Å². The molecule has 1 N–H and O–H groups in total. The van der Waals surface area contributed by atoms with E-state index in [1.165, 1.54) is 24.3 Å². The zero-order valence-electron chi connectivity index (χ0n) is 20.1. The molecule has 0 unspecified atom stereocenters. The highest BCUT2D eigenvalue weighted by atomic mass is 35.5. The van der Waals surface area contributed by atoms with Crippen molar-refractivity contribution < 1.29 is 22.7 Å². The van der Waals surface area contributed by atoms with Crippen molar-refractivity contribution in [2.45, 2.75) is 11.8 Å². The Morgan fingerprint density at radius 3 is 2.19 bits per heavy atom. The fourth-order valence-corrected chi connectivity index (χ4v) is 5.06. The Hall–Kier alpha value is -3.43. The van der Waals surface area contributed by atoms with Crippen molar-refractivity contribution in [2.75, 3.05) is 49.5 Å². The zero-order chi connectivity index (χ0) is 25.7. The molecule has 10 heteroatoms. The summed E-state index contributed by atoms with van der Waals surface area (Å²) in [6.07, 6.45) is 0. The van der Waals surface area contributed by atoms with E-state index in [9.17, 15) is 13.2 Å². The molecule has 3 aromatic carbocycles. The van der Waals surface area contributed by atoms with E-state index in [-0.39, 0.29) is 17.4 Å². The van der Waals surface area contributed by atoms with Crippen LogP contribution < -0.4 is 19.1 Å². The van der Waals surface area contributed by atoms with E-state index in [1.54, 1.807) is 30.2 Å². The molecule has 0 saturated carbocycles. The number of piperazine rings is 1. The average molecular weight is 530 g/mol. The van der Waals surface area contributed by atoms with Gasteiger partial charge in [-0.1, -0.05) is 17.7 Å². The number of nitrogens with zero attached hydrogens (tertiary/aromatic N) is 2. The minimum atomic E-state index is -3.79. The third-order valence-corrected chi connectivity index (χ3v) is 7.79. The first-order valence-electron chi connectivity index (χ1n) is 11.4. The van der Waals surface area contributed by atoms with Gasteiger partial charge in [0.05, 0.1) is 17.7 Å². The highest BCUT2D eigenvalue weighted by Crippen LogP contribution is 2.24. The van der Waals surface area contributed by atoms with Crippen LogP contribution in [0.25, 0.3) is 0 Å². The maximum atomic E-state index is 12.7. The van der Waals surface area contributed by atoms with Gasteiger partial charge in [0.2, 0.25) is 0 Å². The Balaban J connectivity index is 1.27. The number of hydrogen-bond donors (Lipinski definition) is 1. The summed E-state index contributed by atoms with van der Waals surface area (Å²) in [5.74, 6) is 1.11. The van der Waals surface area contributed by atoms with Crippen LogP contribution >= 0.6 is 11.6 Å². The predicted molar refractivity (Wildman–Crippen MR) is 141 cm³/mol. The summed E-state index contributed by atoms with van der Waals surface area (Å²) >= 11 is 6.08. The van der Waals surface area contributed by atoms with Crippen LogP contribution in [-0.2, 0) is 14.8 Å². The third-order valence-electron chi connectivity index (χ3n) is 5.99. The minimum absolute atomic E-state index is 0.0764. The van der Waals surface area contributed by atoms with E-state index in [0.29, 0.717) is 29.5 Å². The number of anilines is 2. The summed E-state index contributed by atoms with van der Waals surface area (Å²) in [5, 5.41) is 0.478. The number of nitrogens with one attached hydrogen (secondary N) is 1. The van der Waals surface area contributed by atoms with Crippen LogP contribution in [0.1, 0.15) is 5.56 Å². The molecule has 3 aromatic rings. The van der Waals surface area contributed by atoms with E-state index in [1.807, 2.05) is 31.2 Å². The SMILES string of the molecule is COc1ccc(N2CCN(C(=O)COc3ccc(S(=O)(=O)Nc4ccc(C)c(Cl)c4)cc3)CC2)cc1. The zero-order valence-corrected chi connectivity index (χ0v) is 21.7. The quantitative estimate of drug-likeness (QED) is 0.471. The van der Waals surface area contributed by atoms with Crippen molar-refractivity contribution in [1.82, 2.24) is 4.90 Å². The van der Waals surface area contributed by atoms with Crippen LogP contribution in [0.2, 0.25) is 5.02 Å². The number of rotatable bonds is 8. The maximum absolute atomic E-state index is 12.7. The molecule has 1 aliphatic rings. The molecule has 0 spiro atoms. The van der Waals surface area contributed by atoms with Crippen LogP contribution in [0.3, 0.4) is 0 Å². The lowest BCUT2D eigenvalue weighted by atomic mass is 10.2. The third kappa shape index (κ3) is 6.22. The standard InChI is InChI=1S/C26H28ClN3O5S/c1-19-3-4-20(17-25(19)27)28-36(32,33)24-11-9-23(10-12-24)35-18-26(31)30-15-13-29(14-16-30)21-5-7-22(34-2)8-6-21/h3-12,17,28H,13-16,18H2,1-2H3. The van der Waals surface area contributed by atoms with Gasteiger partial charge < -0.3 is 19.3 Å². The van der Waals surface area contributed by atoms with Gasteiger partial charge >= 0.3 is 0 Å². The fourth-order valence-electron chi connectivity index (χ4n) is 3.83. The summed E-state index contributed by atoms with van der Waals surface area (Å²) in [6.45, 7) is 4.37. The Morgan fingerprint density at radius 1 is 0.944 bits per heavy atom. The lowest BCUT2D eigenvalue weighted by Gasteiger charge is -2.36. The largest absolute Gasteiger partial charge is 0.497 e. The van der Waals surface area contributed by atoms with E-state index in [2.05, 4.69) is 9.62 Å². The van der Waals surface area contributed by atoms with Gasteiger partial charge in [0.25, 0.3) is 15.9 Å². The van der Waals surface area contributed by atoms with E-state index in [4.69, 9.17) is 21.1 Å². The monoisotopic (exact) mass is 529 g/mol. The lowest BCUT2D eigenvalue weighted by molar-refractivity contribution is -0.133. The topological polar surface area (TPSA) is 88.2 Å². The first kappa shape index (κ1) is 25.7. The van der Waals surface area contributed by atoms with Crippen LogP contribution in [0.15, 0.2) is 71.6 Å². The van der Waals surface area contributed by atoms with Gasteiger partial charge in [-0.3, -0.25) is 9.52 Å². The molecule has 0 bridgehead atoms. The molecule has 1 fully saturated rings. The summed E-state index contributed by atoms with van der Waals surface area (Å²) in [4.78, 5) is 16.7. The summed E-state index contributed by atoms with van der Waals surface area (Å²) in [5.41, 5.74) is 2.33. The van der Waals surface area contributed by atoms with Crippen LogP contribution in [0.5, 0.6) is 11.5 Å². The number of aryl methyl sites for hydroxylation is 1. The van der Waals surface area contributed by atoms with Gasteiger partial charge in [-0.2, -0.15) is 0 Å². The number of carbonyl (C=O) groups is 1. The number of methoxy groups -OCH3 is 1. The first-order chi connectivity index (χ1) is 17.2. The Kier molecular flexibility index (Phi) is 7.91. The molecule has 1 heterocycles. The van der Waals surface area contributed by atoms with E-state index < -0.39 is 10.0 Å². The summed E-state index contributed by atoms with van der Waals surface area (Å²) in [6, 6.07) is 18.8. The summed E-state index contributed by atoms with van der Waals surface area (Å²) in [7, 11) is -2.15. The molecular formula is C26H28ClN3O5S. The molecule has 36 heavy (non-hydrogen) atoms.